The predicted octanol–water partition coefficient (Wildman–Crippen LogP) is 4.23. The minimum atomic E-state index is -0.974. The Labute approximate surface area is 196 Å². The number of nitrogens with zero attached hydrogens (tertiary/aromatic N) is 3. The zero-order chi connectivity index (χ0) is 24.6. The third-order valence-corrected chi connectivity index (χ3v) is 5.18. The molecule has 0 aliphatic rings. The number of carbonyl (C=O) groups excluding carboxylic acids is 1. The average molecular weight is 464 g/mol. The van der Waals surface area contributed by atoms with E-state index in [1.807, 2.05) is 6.07 Å². The lowest BCUT2D eigenvalue weighted by Crippen LogP contribution is -2.29. The van der Waals surface area contributed by atoms with Gasteiger partial charge in [-0.3, -0.25) is 4.79 Å². The fourth-order valence-electron chi connectivity index (χ4n) is 3.62. The summed E-state index contributed by atoms with van der Waals surface area (Å²) in [4.78, 5) is 16.1. The number of fused-ring (bicyclic) bond motifs is 1. The van der Waals surface area contributed by atoms with Crippen LogP contribution in [-0.2, 0) is 0 Å². The number of halogens is 1. The first-order chi connectivity index (χ1) is 16.0. The Morgan fingerprint density at radius 2 is 1.97 bits per heavy atom. The summed E-state index contributed by atoms with van der Waals surface area (Å²) in [7, 11) is 0. The van der Waals surface area contributed by atoms with E-state index in [-0.39, 0.29) is 12.4 Å². The molecule has 4 rings (SSSR count). The molecule has 8 nitrogen and oxygen atoms in total. The molecule has 4 aromatic rings. The molecule has 0 radical (unpaired) electrons. The zero-order valence-electron chi connectivity index (χ0n) is 19.4. The predicted molar refractivity (Wildman–Crippen MR) is 128 cm³/mol. The first-order valence-corrected chi connectivity index (χ1v) is 10.7. The average Bonchev–Trinajstić information content (AvgIpc) is 3.14. The number of nitrogens with one attached hydrogen (secondary N) is 1. The first-order valence-electron chi connectivity index (χ1n) is 10.7. The number of nitrogens with two attached hydrogens (primary N) is 1. The number of anilines is 1. The van der Waals surface area contributed by atoms with Gasteiger partial charge in [-0.05, 0) is 63.1 Å². The summed E-state index contributed by atoms with van der Waals surface area (Å²) in [5.74, 6) is -0.397. The third-order valence-electron chi connectivity index (χ3n) is 5.18. The molecular weight excluding hydrogens is 437 g/mol. The highest BCUT2D eigenvalue weighted by Gasteiger charge is 2.18. The SMILES string of the molecule is Cc1cc(F)cc(Oc2cc(NCC(C)(C)O)c3ncc(-c4ccc(C(N)=O)c(C)c4)n3n2)c1. The molecule has 2 heterocycles. The van der Waals surface area contributed by atoms with Crippen LogP contribution >= 0.6 is 0 Å². The molecule has 2 aromatic heterocycles. The third kappa shape index (κ3) is 4.99. The normalized spacial score (nSPS) is 11.6. The van der Waals surface area contributed by atoms with Gasteiger partial charge in [-0.25, -0.2) is 13.9 Å². The van der Waals surface area contributed by atoms with Crippen LogP contribution in [0.4, 0.5) is 10.1 Å². The second-order valence-electron chi connectivity index (χ2n) is 8.90. The van der Waals surface area contributed by atoms with Gasteiger partial charge in [-0.15, -0.1) is 5.10 Å². The monoisotopic (exact) mass is 463 g/mol. The zero-order valence-corrected chi connectivity index (χ0v) is 19.4. The van der Waals surface area contributed by atoms with Crippen LogP contribution in [0.1, 0.15) is 35.3 Å². The van der Waals surface area contributed by atoms with Crippen molar-refractivity contribution in [1.29, 1.82) is 0 Å². The van der Waals surface area contributed by atoms with Crippen molar-refractivity contribution in [3.8, 4) is 22.9 Å². The Balaban J connectivity index is 1.83. The van der Waals surface area contributed by atoms with Gasteiger partial charge in [-0.1, -0.05) is 6.07 Å². The maximum Gasteiger partial charge on any atom is 0.248 e. The molecule has 176 valence electrons. The molecule has 9 heteroatoms. The van der Waals surface area contributed by atoms with Crippen LogP contribution in [-0.4, -0.2) is 37.8 Å². The largest absolute Gasteiger partial charge is 0.437 e. The number of amides is 1. The summed E-state index contributed by atoms with van der Waals surface area (Å²) in [5, 5.41) is 17.9. The standard InChI is InChI=1S/C25H26FN5O3/c1-14-7-17(26)10-18(8-14)34-22-11-20(29-13-25(3,4)33)24-28-12-21(31(24)30-22)16-5-6-19(23(27)32)15(2)9-16/h5-12,29,33H,13H2,1-4H3,(H2,27,32). The maximum atomic E-state index is 13.9. The van der Waals surface area contributed by atoms with E-state index in [9.17, 15) is 14.3 Å². The lowest BCUT2D eigenvalue weighted by atomic mass is 10.0. The van der Waals surface area contributed by atoms with Crippen molar-refractivity contribution < 1.29 is 19.0 Å². The van der Waals surface area contributed by atoms with Crippen molar-refractivity contribution >= 4 is 17.2 Å². The van der Waals surface area contributed by atoms with Crippen molar-refractivity contribution in [3.63, 3.8) is 0 Å². The molecule has 2 aromatic carbocycles. The second kappa shape index (κ2) is 8.75. The van der Waals surface area contributed by atoms with E-state index in [4.69, 9.17) is 10.5 Å². The molecule has 0 bridgehead atoms. The number of aryl methyl sites for hydroxylation is 2. The molecule has 1 amide bonds. The van der Waals surface area contributed by atoms with Crippen molar-refractivity contribution in [1.82, 2.24) is 14.6 Å². The minimum Gasteiger partial charge on any atom is -0.437 e. The van der Waals surface area contributed by atoms with Crippen LogP contribution in [0.15, 0.2) is 48.7 Å². The highest BCUT2D eigenvalue weighted by molar-refractivity contribution is 5.94. The van der Waals surface area contributed by atoms with Gasteiger partial charge in [0.1, 0.15) is 11.6 Å². The van der Waals surface area contributed by atoms with Gasteiger partial charge in [0.2, 0.25) is 11.8 Å². The van der Waals surface area contributed by atoms with E-state index in [1.165, 1.54) is 12.1 Å². The summed E-state index contributed by atoms with van der Waals surface area (Å²) in [5.41, 5.74) is 8.85. The minimum absolute atomic E-state index is 0.209. The number of ether oxygens (including phenoxy) is 1. The highest BCUT2D eigenvalue weighted by Crippen LogP contribution is 2.30. The van der Waals surface area contributed by atoms with Gasteiger partial charge < -0.3 is 20.9 Å². The quantitative estimate of drug-likeness (QED) is 0.378. The molecule has 0 saturated heterocycles. The maximum absolute atomic E-state index is 13.9. The molecule has 0 aliphatic carbocycles. The van der Waals surface area contributed by atoms with Gasteiger partial charge in [0, 0.05) is 29.8 Å². The Bertz CT molecular complexity index is 1370. The number of imidazole rings is 1. The number of benzene rings is 2. The number of primary amides is 1. The summed E-state index contributed by atoms with van der Waals surface area (Å²) in [6.07, 6.45) is 1.66. The van der Waals surface area contributed by atoms with Gasteiger partial charge in [0.25, 0.3) is 0 Å². The molecular formula is C25H26FN5O3. The van der Waals surface area contributed by atoms with Gasteiger partial charge in [0.15, 0.2) is 5.65 Å². The Morgan fingerprint density at radius 3 is 2.62 bits per heavy atom. The highest BCUT2D eigenvalue weighted by atomic mass is 19.1. The summed E-state index contributed by atoms with van der Waals surface area (Å²) >= 11 is 0. The lowest BCUT2D eigenvalue weighted by Gasteiger charge is -2.19. The van der Waals surface area contributed by atoms with E-state index < -0.39 is 17.3 Å². The number of aliphatic hydroxyl groups is 1. The molecule has 4 N–H and O–H groups in total. The molecule has 0 aliphatic heterocycles. The molecule has 0 fully saturated rings. The van der Waals surface area contributed by atoms with Crippen LogP contribution in [0.2, 0.25) is 0 Å². The second-order valence-corrected chi connectivity index (χ2v) is 8.90. The fourth-order valence-corrected chi connectivity index (χ4v) is 3.62. The van der Waals surface area contributed by atoms with Gasteiger partial charge in [0.05, 0.1) is 23.2 Å². The Hall–Kier alpha value is -3.98. The first kappa shape index (κ1) is 23.2. The van der Waals surface area contributed by atoms with Crippen LogP contribution in [0, 0.1) is 19.7 Å². The summed E-state index contributed by atoms with van der Waals surface area (Å²) < 4.78 is 21.4. The fraction of sp³-hybridized carbons (Fsp3) is 0.240. The molecule has 0 unspecified atom stereocenters. The van der Waals surface area contributed by atoms with Gasteiger partial charge >= 0.3 is 0 Å². The van der Waals surface area contributed by atoms with E-state index >= 15 is 0 Å². The van der Waals surface area contributed by atoms with E-state index in [0.29, 0.717) is 33.9 Å². The van der Waals surface area contributed by atoms with Crippen molar-refractivity contribution in [3.05, 3.63) is 71.2 Å². The number of hydrogen-bond donors (Lipinski definition) is 3. The molecule has 0 saturated carbocycles. The molecule has 0 atom stereocenters. The van der Waals surface area contributed by atoms with Crippen LogP contribution in [0.25, 0.3) is 16.9 Å². The van der Waals surface area contributed by atoms with Crippen LogP contribution in [0.5, 0.6) is 11.6 Å². The summed E-state index contributed by atoms with van der Waals surface area (Å²) in [6, 6.07) is 11.3. The Kier molecular flexibility index (Phi) is 5.97. The Morgan fingerprint density at radius 1 is 1.21 bits per heavy atom. The van der Waals surface area contributed by atoms with Crippen LogP contribution in [0.3, 0.4) is 0 Å². The summed E-state index contributed by atoms with van der Waals surface area (Å²) in [6.45, 7) is 7.20. The topological polar surface area (TPSA) is 115 Å². The number of carbonyl (C=O) groups is 1. The van der Waals surface area contributed by atoms with Crippen molar-refractivity contribution in [2.75, 3.05) is 11.9 Å². The van der Waals surface area contributed by atoms with E-state index in [2.05, 4.69) is 15.4 Å². The molecule has 0 spiro atoms. The van der Waals surface area contributed by atoms with Crippen molar-refractivity contribution in [2.24, 2.45) is 5.73 Å². The number of hydrogen-bond acceptors (Lipinski definition) is 6. The smallest absolute Gasteiger partial charge is 0.248 e. The lowest BCUT2D eigenvalue weighted by molar-refractivity contribution is 0.0944. The van der Waals surface area contributed by atoms with Crippen molar-refractivity contribution in [2.45, 2.75) is 33.3 Å². The van der Waals surface area contributed by atoms with Gasteiger partial charge in [-0.2, -0.15) is 0 Å². The van der Waals surface area contributed by atoms with E-state index in [0.717, 1.165) is 11.1 Å². The number of aromatic nitrogens is 3. The molecule has 34 heavy (non-hydrogen) atoms. The van der Waals surface area contributed by atoms with Crippen LogP contribution < -0.4 is 15.8 Å². The number of rotatable bonds is 7. The van der Waals surface area contributed by atoms with E-state index in [1.54, 1.807) is 62.7 Å².